The van der Waals surface area contributed by atoms with Crippen LogP contribution in [0.4, 0.5) is 0 Å². The Hall–Kier alpha value is -1.97. The molecule has 6 nitrogen and oxygen atoms in total. The van der Waals surface area contributed by atoms with Crippen LogP contribution in [-0.4, -0.2) is 29.4 Å². The number of nitrogens with one attached hydrogen (secondary N) is 1. The average molecular weight is 233 g/mol. The van der Waals surface area contributed by atoms with Crippen LogP contribution in [0.5, 0.6) is 0 Å². The lowest BCUT2D eigenvalue weighted by Crippen LogP contribution is -2.30. The van der Waals surface area contributed by atoms with Crippen LogP contribution in [0, 0.1) is 11.3 Å². The van der Waals surface area contributed by atoms with E-state index in [-0.39, 0.29) is 5.91 Å². The third-order valence-corrected chi connectivity index (χ3v) is 2.26. The molecule has 90 valence electrons. The molecule has 0 aliphatic heterocycles. The van der Waals surface area contributed by atoms with E-state index in [0.717, 1.165) is 5.69 Å². The molecule has 1 heterocycles. The van der Waals surface area contributed by atoms with Gasteiger partial charge in [-0.25, -0.2) is 5.84 Å². The topological polar surface area (TPSA) is 95.0 Å². The summed E-state index contributed by atoms with van der Waals surface area (Å²) in [5.74, 6) is 4.65. The molecule has 1 aromatic rings. The molecule has 0 atom stereocenters. The molecule has 0 radical (unpaired) electrons. The molecule has 17 heavy (non-hydrogen) atoms. The fourth-order valence-electron chi connectivity index (χ4n) is 1.33. The lowest BCUT2D eigenvalue weighted by Gasteiger charge is -2.13. The minimum Gasteiger partial charge on any atom is -0.300 e. The largest absolute Gasteiger partial charge is 0.300 e. The van der Waals surface area contributed by atoms with Crippen LogP contribution in [-0.2, 0) is 6.54 Å². The van der Waals surface area contributed by atoms with Crippen molar-refractivity contribution in [2.45, 2.75) is 13.0 Å². The van der Waals surface area contributed by atoms with Crippen molar-refractivity contribution in [2.24, 2.45) is 5.84 Å². The first-order valence-corrected chi connectivity index (χ1v) is 5.18. The Morgan fingerprint density at radius 3 is 2.94 bits per heavy atom. The first-order valence-electron chi connectivity index (χ1n) is 5.18. The zero-order chi connectivity index (χ0) is 12.7. The summed E-state index contributed by atoms with van der Waals surface area (Å²) in [5.41, 5.74) is 3.32. The van der Waals surface area contributed by atoms with Crippen molar-refractivity contribution in [2.75, 3.05) is 13.6 Å². The van der Waals surface area contributed by atoms with E-state index in [4.69, 9.17) is 11.1 Å². The van der Waals surface area contributed by atoms with Crippen molar-refractivity contribution >= 4 is 5.91 Å². The van der Waals surface area contributed by atoms with Gasteiger partial charge < -0.3 is 0 Å². The summed E-state index contributed by atoms with van der Waals surface area (Å²) in [6.07, 6.45) is 1.97. The molecule has 0 saturated carbocycles. The van der Waals surface area contributed by atoms with E-state index < -0.39 is 0 Å². The van der Waals surface area contributed by atoms with Crippen molar-refractivity contribution in [3.63, 3.8) is 0 Å². The van der Waals surface area contributed by atoms with Crippen LogP contribution in [0.2, 0.25) is 0 Å². The Kier molecular flexibility index (Phi) is 5.07. The zero-order valence-corrected chi connectivity index (χ0v) is 9.68. The van der Waals surface area contributed by atoms with Gasteiger partial charge in [-0.15, -0.1) is 0 Å². The summed E-state index contributed by atoms with van der Waals surface area (Å²) in [5, 5.41) is 8.46. The van der Waals surface area contributed by atoms with Gasteiger partial charge in [0.05, 0.1) is 17.3 Å². The molecule has 0 fully saturated rings. The molecule has 1 rings (SSSR count). The normalized spacial score (nSPS) is 10.0. The van der Waals surface area contributed by atoms with Crippen LogP contribution < -0.4 is 11.3 Å². The van der Waals surface area contributed by atoms with Crippen molar-refractivity contribution in [3.8, 4) is 6.07 Å². The number of rotatable bonds is 5. The van der Waals surface area contributed by atoms with E-state index in [1.165, 1.54) is 6.20 Å². The quantitative estimate of drug-likeness (QED) is 0.425. The highest BCUT2D eigenvalue weighted by Gasteiger charge is 2.05. The highest BCUT2D eigenvalue weighted by atomic mass is 16.2. The van der Waals surface area contributed by atoms with Crippen molar-refractivity contribution < 1.29 is 4.79 Å². The summed E-state index contributed by atoms with van der Waals surface area (Å²) in [6.45, 7) is 1.34. The highest BCUT2D eigenvalue weighted by Crippen LogP contribution is 2.03. The number of pyridine rings is 1. The lowest BCUT2D eigenvalue weighted by atomic mass is 10.2. The van der Waals surface area contributed by atoms with E-state index in [0.29, 0.717) is 25.1 Å². The number of hydrazine groups is 1. The number of hydrogen-bond acceptors (Lipinski definition) is 5. The fourth-order valence-corrected chi connectivity index (χ4v) is 1.33. The smallest absolute Gasteiger partial charge is 0.266 e. The predicted molar refractivity (Wildman–Crippen MR) is 62.5 cm³/mol. The molecule has 0 aromatic carbocycles. The van der Waals surface area contributed by atoms with E-state index >= 15 is 0 Å². The Balaban J connectivity index is 2.56. The molecule has 1 amide bonds. The molecule has 6 heteroatoms. The Morgan fingerprint density at radius 2 is 2.41 bits per heavy atom. The van der Waals surface area contributed by atoms with E-state index in [2.05, 4.69) is 11.1 Å². The van der Waals surface area contributed by atoms with Gasteiger partial charge in [-0.05, 0) is 19.2 Å². The van der Waals surface area contributed by atoms with Gasteiger partial charge in [-0.2, -0.15) is 5.26 Å². The second-order valence-corrected chi connectivity index (χ2v) is 3.66. The summed E-state index contributed by atoms with van der Waals surface area (Å²) >= 11 is 0. The highest BCUT2D eigenvalue weighted by molar-refractivity contribution is 5.93. The number of amides is 1. The number of nitrogen functional groups attached to an aromatic ring is 1. The molecule has 0 bridgehead atoms. The van der Waals surface area contributed by atoms with Gasteiger partial charge in [0, 0.05) is 25.7 Å². The number of carbonyl (C=O) groups excluding carboxylic acids is 1. The standard InChI is InChI=1S/C11H15N5O/c1-16(6-2-5-12)8-10-4-3-9(7-14-10)11(17)15-13/h3-4,7H,2,6,8,13H2,1H3,(H,15,17). The summed E-state index contributed by atoms with van der Waals surface area (Å²) in [6, 6.07) is 5.53. The Labute approximate surface area is 100 Å². The van der Waals surface area contributed by atoms with Gasteiger partial charge in [0.15, 0.2) is 0 Å². The molecule has 0 aliphatic rings. The maximum absolute atomic E-state index is 11.2. The number of carbonyl (C=O) groups is 1. The van der Waals surface area contributed by atoms with Gasteiger partial charge in [-0.3, -0.25) is 20.1 Å². The van der Waals surface area contributed by atoms with Gasteiger partial charge in [-0.1, -0.05) is 0 Å². The Morgan fingerprint density at radius 1 is 1.65 bits per heavy atom. The van der Waals surface area contributed by atoms with Gasteiger partial charge in [0.2, 0.25) is 0 Å². The first-order chi connectivity index (χ1) is 8.17. The summed E-state index contributed by atoms with van der Waals surface area (Å²) in [7, 11) is 1.92. The number of nitrogens with zero attached hydrogens (tertiary/aromatic N) is 3. The van der Waals surface area contributed by atoms with Crippen LogP contribution in [0.3, 0.4) is 0 Å². The molecule has 0 saturated heterocycles. The van der Waals surface area contributed by atoms with Crippen LogP contribution in [0.1, 0.15) is 22.5 Å². The lowest BCUT2D eigenvalue weighted by molar-refractivity contribution is 0.0953. The molecular formula is C11H15N5O. The third-order valence-electron chi connectivity index (χ3n) is 2.26. The minimum absolute atomic E-state index is 0.359. The number of aromatic nitrogens is 1. The third kappa shape index (κ3) is 4.18. The average Bonchev–Trinajstić information content (AvgIpc) is 2.36. The zero-order valence-electron chi connectivity index (χ0n) is 9.68. The maximum Gasteiger partial charge on any atom is 0.266 e. The van der Waals surface area contributed by atoms with Crippen molar-refractivity contribution in [3.05, 3.63) is 29.6 Å². The number of nitriles is 1. The molecule has 0 unspecified atom stereocenters. The molecule has 1 aromatic heterocycles. The SMILES string of the molecule is CN(CCC#N)Cc1ccc(C(=O)NN)cn1. The van der Waals surface area contributed by atoms with Gasteiger partial charge >= 0.3 is 0 Å². The second-order valence-electron chi connectivity index (χ2n) is 3.66. The minimum atomic E-state index is -0.359. The van der Waals surface area contributed by atoms with E-state index in [1.807, 2.05) is 17.4 Å². The second kappa shape index (κ2) is 6.58. The summed E-state index contributed by atoms with van der Waals surface area (Å²) < 4.78 is 0. The van der Waals surface area contributed by atoms with Crippen LogP contribution in [0.25, 0.3) is 0 Å². The molecule has 3 N–H and O–H groups in total. The van der Waals surface area contributed by atoms with Crippen molar-refractivity contribution in [1.29, 1.82) is 5.26 Å². The van der Waals surface area contributed by atoms with Gasteiger partial charge in [0.1, 0.15) is 0 Å². The van der Waals surface area contributed by atoms with Crippen LogP contribution >= 0.6 is 0 Å². The number of hydrogen-bond donors (Lipinski definition) is 2. The number of nitrogens with two attached hydrogens (primary N) is 1. The van der Waals surface area contributed by atoms with Crippen molar-refractivity contribution in [1.82, 2.24) is 15.3 Å². The van der Waals surface area contributed by atoms with Crippen LogP contribution in [0.15, 0.2) is 18.3 Å². The van der Waals surface area contributed by atoms with Gasteiger partial charge in [0.25, 0.3) is 5.91 Å². The Bertz CT molecular complexity index is 409. The first kappa shape index (κ1) is 13.1. The molecule has 0 spiro atoms. The molecular weight excluding hydrogens is 218 g/mol. The maximum atomic E-state index is 11.2. The van der Waals surface area contributed by atoms with E-state index in [1.54, 1.807) is 12.1 Å². The fraction of sp³-hybridized carbons (Fsp3) is 0.364. The molecule has 0 aliphatic carbocycles. The van der Waals surface area contributed by atoms with E-state index in [9.17, 15) is 4.79 Å². The monoisotopic (exact) mass is 233 g/mol. The predicted octanol–water partition coefficient (Wildman–Crippen LogP) is 0.0306. The summed E-state index contributed by atoms with van der Waals surface area (Å²) in [4.78, 5) is 17.3.